The molecule has 6 heteroatoms. The fourth-order valence-corrected chi connectivity index (χ4v) is 4.35. The second kappa shape index (κ2) is 9.16. The highest BCUT2D eigenvalue weighted by Gasteiger charge is 2.29. The normalized spacial score (nSPS) is 18.8. The van der Waals surface area contributed by atoms with E-state index in [4.69, 9.17) is 4.98 Å². The summed E-state index contributed by atoms with van der Waals surface area (Å²) in [6.07, 6.45) is 9.11. The summed E-state index contributed by atoms with van der Waals surface area (Å²) >= 11 is 0. The smallest absolute Gasteiger partial charge is 0.219 e. The van der Waals surface area contributed by atoms with Crippen molar-refractivity contribution in [1.29, 1.82) is 0 Å². The summed E-state index contributed by atoms with van der Waals surface area (Å²) in [5.41, 5.74) is 5.09. The molecule has 4 rings (SSSR count). The largest absolute Gasteiger partial charge is 0.370 e. The van der Waals surface area contributed by atoms with Crippen molar-refractivity contribution in [1.82, 2.24) is 20.2 Å². The second-order valence-electron chi connectivity index (χ2n) is 8.10. The number of aromatic amines is 1. The van der Waals surface area contributed by atoms with E-state index in [9.17, 15) is 4.79 Å². The topological polar surface area (TPSA) is 73.4 Å². The lowest BCUT2D eigenvalue weighted by Gasteiger charge is -2.29. The van der Waals surface area contributed by atoms with Crippen LogP contribution in [0.1, 0.15) is 41.0 Å². The maximum Gasteiger partial charge on any atom is 0.219 e. The van der Waals surface area contributed by atoms with Crippen LogP contribution in [-0.2, 0) is 4.79 Å². The van der Waals surface area contributed by atoms with Crippen LogP contribution in [0.25, 0.3) is 27.9 Å². The minimum atomic E-state index is 0. The van der Waals surface area contributed by atoms with E-state index in [1.807, 2.05) is 25.4 Å². The molecule has 2 atom stereocenters. The summed E-state index contributed by atoms with van der Waals surface area (Å²) in [5, 5.41) is 4.31. The van der Waals surface area contributed by atoms with Crippen LogP contribution in [0.5, 0.6) is 0 Å². The Morgan fingerprint density at radius 3 is 2.97 bits per heavy atom. The van der Waals surface area contributed by atoms with Crippen LogP contribution in [-0.4, -0.2) is 46.6 Å². The predicted molar refractivity (Wildman–Crippen MR) is 131 cm³/mol. The Morgan fingerprint density at radius 1 is 1.35 bits per heavy atom. The third-order valence-corrected chi connectivity index (χ3v) is 6.14. The van der Waals surface area contributed by atoms with Gasteiger partial charge < -0.3 is 15.2 Å². The number of carbonyl (C=O) groups excluding carboxylic acids is 1. The van der Waals surface area contributed by atoms with Crippen LogP contribution in [0.4, 0.5) is 0 Å². The first-order chi connectivity index (χ1) is 15.1. The van der Waals surface area contributed by atoms with Gasteiger partial charge >= 0.3 is 0 Å². The van der Waals surface area contributed by atoms with E-state index in [1.54, 1.807) is 6.20 Å². The third kappa shape index (κ3) is 4.53. The maximum atomic E-state index is 11.7. The van der Waals surface area contributed by atoms with Crippen molar-refractivity contribution in [3.05, 3.63) is 60.6 Å². The van der Waals surface area contributed by atoms with E-state index < -0.39 is 0 Å². The number of hydrogen-bond donors (Lipinski definition) is 2. The van der Waals surface area contributed by atoms with E-state index in [2.05, 4.69) is 64.3 Å². The lowest BCUT2D eigenvalue weighted by molar-refractivity contribution is -0.121. The number of aromatic nitrogens is 2. The van der Waals surface area contributed by atoms with Gasteiger partial charge in [-0.05, 0) is 55.6 Å². The Kier molecular flexibility index (Phi) is 6.16. The van der Waals surface area contributed by atoms with Gasteiger partial charge in [-0.1, -0.05) is 19.1 Å². The molecule has 1 fully saturated rings. The van der Waals surface area contributed by atoms with Crippen molar-refractivity contribution >= 4 is 29.2 Å². The van der Waals surface area contributed by atoms with Crippen molar-refractivity contribution in [3.63, 3.8) is 0 Å². The Labute approximate surface area is 186 Å². The van der Waals surface area contributed by atoms with Gasteiger partial charge in [0.05, 0.1) is 17.6 Å². The number of benzene rings is 1. The number of pyridine rings is 1. The first-order valence-corrected chi connectivity index (χ1v) is 10.8. The lowest BCUT2D eigenvalue weighted by Crippen LogP contribution is -2.35. The number of carbonyl (C=O) groups is 1. The van der Waals surface area contributed by atoms with Gasteiger partial charge in [-0.2, -0.15) is 0 Å². The summed E-state index contributed by atoms with van der Waals surface area (Å²) in [4.78, 5) is 26.0. The summed E-state index contributed by atoms with van der Waals surface area (Å²) < 4.78 is 0. The number of amides is 1. The van der Waals surface area contributed by atoms with Gasteiger partial charge in [-0.15, -0.1) is 0 Å². The van der Waals surface area contributed by atoms with E-state index in [0.29, 0.717) is 12.5 Å². The molecule has 31 heavy (non-hydrogen) atoms. The molecule has 6 nitrogen and oxygen atoms in total. The van der Waals surface area contributed by atoms with Crippen LogP contribution >= 0.6 is 0 Å². The van der Waals surface area contributed by atoms with Crippen LogP contribution in [0.3, 0.4) is 0 Å². The molecule has 0 bridgehead atoms. The molecule has 0 aliphatic heterocycles. The highest BCUT2D eigenvalue weighted by atomic mass is 16.1. The van der Waals surface area contributed by atoms with Gasteiger partial charge in [0.15, 0.2) is 0 Å². The van der Waals surface area contributed by atoms with E-state index in [-0.39, 0.29) is 14.8 Å². The van der Waals surface area contributed by atoms with Gasteiger partial charge in [0.25, 0.3) is 0 Å². The molecule has 2 aromatic heterocycles. The Hall–Kier alpha value is -3.41. The molecule has 2 heterocycles. The SMILES string of the molecule is C=N/C=C(/c1ccc(-c2ccc3cc[nH]c3c2)nc1)N(C)[C@@H]1CC[C@H](NC(=O)CC)C1.[HH].[HH]. The molecule has 1 aromatic carbocycles. The minimum Gasteiger partial charge on any atom is -0.370 e. The van der Waals surface area contributed by atoms with E-state index in [0.717, 1.165) is 47.3 Å². The molecule has 164 valence electrons. The zero-order chi connectivity index (χ0) is 21.8. The lowest BCUT2D eigenvalue weighted by atomic mass is 10.1. The Balaban J connectivity index is 0.00000193. The number of hydrogen-bond acceptors (Lipinski definition) is 4. The van der Waals surface area contributed by atoms with Crippen molar-refractivity contribution in [2.24, 2.45) is 4.99 Å². The van der Waals surface area contributed by atoms with Crippen LogP contribution in [0, 0.1) is 0 Å². The highest BCUT2D eigenvalue weighted by molar-refractivity contribution is 5.84. The van der Waals surface area contributed by atoms with E-state index >= 15 is 0 Å². The number of rotatable bonds is 7. The zero-order valence-corrected chi connectivity index (χ0v) is 18.1. The molecular weight excluding hydrogens is 386 g/mol. The van der Waals surface area contributed by atoms with Gasteiger partial charge in [0.2, 0.25) is 5.91 Å². The molecule has 3 aromatic rings. The van der Waals surface area contributed by atoms with Gasteiger partial charge in [-0.3, -0.25) is 14.8 Å². The first-order valence-electron chi connectivity index (χ1n) is 10.8. The zero-order valence-electron chi connectivity index (χ0n) is 18.1. The molecule has 0 radical (unpaired) electrons. The molecule has 0 unspecified atom stereocenters. The van der Waals surface area contributed by atoms with E-state index in [1.165, 1.54) is 5.39 Å². The number of nitrogens with zero attached hydrogens (tertiary/aromatic N) is 3. The first kappa shape index (κ1) is 20.8. The molecule has 2 N–H and O–H groups in total. The van der Waals surface area contributed by atoms with Crippen molar-refractivity contribution in [2.45, 2.75) is 44.7 Å². The quantitative estimate of drug-likeness (QED) is 0.523. The van der Waals surface area contributed by atoms with Crippen molar-refractivity contribution in [2.75, 3.05) is 7.05 Å². The summed E-state index contributed by atoms with van der Waals surface area (Å²) in [6, 6.07) is 13.1. The highest BCUT2D eigenvalue weighted by Crippen LogP contribution is 2.30. The second-order valence-corrected chi connectivity index (χ2v) is 8.10. The van der Waals surface area contributed by atoms with Crippen LogP contribution in [0.2, 0.25) is 0 Å². The number of fused-ring (bicyclic) bond motifs is 1. The Bertz CT molecular complexity index is 1110. The molecule has 1 aliphatic rings. The van der Waals surface area contributed by atoms with Gasteiger partial charge in [0, 0.05) is 57.4 Å². The fourth-order valence-electron chi connectivity index (χ4n) is 4.35. The molecular formula is C25H33N5O. The van der Waals surface area contributed by atoms with Crippen molar-refractivity contribution < 1.29 is 7.65 Å². The minimum absolute atomic E-state index is 0. The maximum absolute atomic E-state index is 11.7. The monoisotopic (exact) mass is 419 g/mol. The molecule has 0 spiro atoms. The average molecular weight is 420 g/mol. The summed E-state index contributed by atoms with van der Waals surface area (Å²) in [6.45, 7) is 5.54. The molecule has 0 saturated heterocycles. The number of nitrogens with one attached hydrogen (secondary N) is 2. The average Bonchev–Trinajstić information content (AvgIpc) is 3.46. The molecule has 1 aliphatic carbocycles. The standard InChI is InChI=1S/C25H29N5O.2H2/c1-4-25(31)29-20-8-9-21(14-20)30(3)24(16-26-2)19-7-10-22(28-15-19)18-6-5-17-11-12-27-23(17)13-18;;/h5-7,10-13,15-16,20-21,27H,2,4,8-9,14H2,1,3H3,(H,29,31);2*1H/b24-16-;;/t20-,21+;;/m0../s1. The molecule has 1 amide bonds. The number of H-pyrrole nitrogens is 1. The van der Waals surface area contributed by atoms with Crippen molar-refractivity contribution in [3.8, 4) is 11.3 Å². The third-order valence-electron chi connectivity index (χ3n) is 6.14. The Morgan fingerprint density at radius 2 is 2.23 bits per heavy atom. The predicted octanol–water partition coefficient (Wildman–Crippen LogP) is 5.10. The fraction of sp³-hybridized carbons (Fsp3) is 0.320. The van der Waals surface area contributed by atoms with Crippen LogP contribution in [0.15, 0.2) is 60.0 Å². The van der Waals surface area contributed by atoms with Gasteiger partial charge in [-0.25, -0.2) is 0 Å². The summed E-state index contributed by atoms with van der Waals surface area (Å²) in [7, 11) is 2.08. The molecule has 1 saturated carbocycles. The summed E-state index contributed by atoms with van der Waals surface area (Å²) in [5.74, 6) is 0.120. The number of aliphatic imine (C=N–C) groups is 1. The van der Waals surface area contributed by atoms with Crippen LogP contribution < -0.4 is 5.32 Å². The van der Waals surface area contributed by atoms with Gasteiger partial charge in [0.1, 0.15) is 0 Å².